The van der Waals surface area contributed by atoms with Crippen LogP contribution in [0.2, 0.25) is 5.02 Å². The Kier molecular flexibility index (Phi) is 5.50. The maximum Gasteiger partial charge on any atom is 0.307 e. The highest BCUT2D eigenvalue weighted by molar-refractivity contribution is 6.31. The van der Waals surface area contributed by atoms with Crippen LogP contribution < -0.4 is 5.01 Å². The highest BCUT2D eigenvalue weighted by Gasteiger charge is 2.37. The molecule has 0 atom stereocenters. The first-order valence-corrected chi connectivity index (χ1v) is 5.84. The molecule has 0 fully saturated rings. The molecule has 0 aromatic heterocycles. The number of benzene rings is 1. The van der Waals surface area contributed by atoms with Gasteiger partial charge in [0.1, 0.15) is 13.2 Å². The number of nitrogens with zero attached hydrogens (tertiary/aromatic N) is 5. The Morgan fingerprint density at radius 2 is 1.48 bits per heavy atom. The van der Waals surface area contributed by atoms with Gasteiger partial charge in [0.25, 0.3) is 10.8 Å². The highest BCUT2D eigenvalue weighted by atomic mass is 35.5. The summed E-state index contributed by atoms with van der Waals surface area (Å²) in [5.74, 6) is 0. The number of hydrogen-bond donors (Lipinski definition) is 0. The maximum absolute atomic E-state index is 11.0. The van der Waals surface area contributed by atoms with Gasteiger partial charge in [-0.05, 0) is 0 Å². The van der Waals surface area contributed by atoms with Crippen molar-refractivity contribution in [2.24, 2.45) is 0 Å². The summed E-state index contributed by atoms with van der Waals surface area (Å²) in [7, 11) is 0. The molecular weight excluding hydrogens is 346 g/mol. The van der Waals surface area contributed by atoms with Crippen molar-refractivity contribution in [3.63, 3.8) is 0 Å². The van der Waals surface area contributed by atoms with Gasteiger partial charge in [0.2, 0.25) is 0 Å². The molecule has 0 radical (unpaired) electrons. The SMILES string of the molecule is O=[N+]([O-])OCCN(c1c([N+](=O)[O-])cc(Cl)cc1[N+](=O)[O-])[N+](=O)[O-]. The zero-order chi connectivity index (χ0) is 17.7. The van der Waals surface area contributed by atoms with Crippen LogP contribution in [0.25, 0.3) is 0 Å². The van der Waals surface area contributed by atoms with E-state index in [1.165, 1.54) is 0 Å². The Balaban J connectivity index is 3.43. The standard InChI is InChI=1S/C8H6ClN5O9/c9-5-3-6(11(15)16)8(7(4-5)12(17)18)10(13(19)20)1-2-23-14(21)22/h3-4H,1-2H2. The van der Waals surface area contributed by atoms with Gasteiger partial charge in [-0.25, -0.2) is 10.1 Å². The zero-order valence-corrected chi connectivity index (χ0v) is 11.6. The second kappa shape index (κ2) is 7.12. The van der Waals surface area contributed by atoms with Gasteiger partial charge < -0.3 is 4.84 Å². The van der Waals surface area contributed by atoms with Crippen molar-refractivity contribution in [1.29, 1.82) is 0 Å². The van der Waals surface area contributed by atoms with Crippen molar-refractivity contribution in [2.75, 3.05) is 18.2 Å². The van der Waals surface area contributed by atoms with Crippen molar-refractivity contribution >= 4 is 28.7 Å². The molecule has 14 nitrogen and oxygen atoms in total. The first-order chi connectivity index (χ1) is 10.6. The topological polar surface area (TPSA) is 185 Å². The van der Waals surface area contributed by atoms with Crippen LogP contribution in [0, 0.1) is 40.5 Å². The van der Waals surface area contributed by atoms with Crippen LogP contribution in [0.1, 0.15) is 0 Å². The van der Waals surface area contributed by atoms with Gasteiger partial charge in [-0.2, -0.15) is 0 Å². The predicted molar refractivity (Wildman–Crippen MR) is 72.0 cm³/mol. The fraction of sp³-hybridized carbons (Fsp3) is 0.250. The second-order valence-electron chi connectivity index (χ2n) is 3.72. The van der Waals surface area contributed by atoms with Gasteiger partial charge in [-0.1, -0.05) is 16.6 Å². The minimum absolute atomic E-state index is 0.0100. The molecule has 0 bridgehead atoms. The zero-order valence-electron chi connectivity index (χ0n) is 10.9. The summed E-state index contributed by atoms with van der Waals surface area (Å²) < 4.78 is 0. The molecule has 15 heteroatoms. The lowest BCUT2D eigenvalue weighted by Crippen LogP contribution is -2.34. The van der Waals surface area contributed by atoms with Crippen LogP contribution in [0.5, 0.6) is 0 Å². The van der Waals surface area contributed by atoms with Crippen molar-refractivity contribution in [3.8, 4) is 0 Å². The first-order valence-electron chi connectivity index (χ1n) is 5.46. The van der Waals surface area contributed by atoms with E-state index in [-0.39, 0.29) is 10.0 Å². The Hall–Kier alpha value is -3.29. The quantitative estimate of drug-likeness (QED) is 0.488. The molecule has 0 unspecified atom stereocenters. The number of hydrogen-bond acceptors (Lipinski definition) is 9. The van der Waals surface area contributed by atoms with Gasteiger partial charge in [-0.3, -0.25) is 20.2 Å². The Morgan fingerprint density at radius 1 is 1.00 bits per heavy atom. The fourth-order valence-electron chi connectivity index (χ4n) is 1.59. The molecule has 0 saturated carbocycles. The predicted octanol–water partition coefficient (Wildman–Crippen LogP) is 1.36. The lowest BCUT2D eigenvalue weighted by atomic mass is 10.2. The van der Waals surface area contributed by atoms with Crippen LogP contribution in [0.15, 0.2) is 12.1 Å². The van der Waals surface area contributed by atoms with Crippen LogP contribution in [-0.2, 0) is 4.84 Å². The smallest absolute Gasteiger partial charge is 0.307 e. The molecule has 23 heavy (non-hydrogen) atoms. The number of rotatable bonds is 8. The summed E-state index contributed by atoms with van der Waals surface area (Å²) in [4.78, 5) is 44.8. The monoisotopic (exact) mass is 351 g/mol. The summed E-state index contributed by atoms with van der Waals surface area (Å²) in [6.45, 7) is -1.69. The minimum Gasteiger partial charge on any atom is -0.312 e. The van der Waals surface area contributed by atoms with Crippen molar-refractivity contribution in [2.45, 2.75) is 0 Å². The van der Waals surface area contributed by atoms with Crippen LogP contribution in [0.3, 0.4) is 0 Å². The lowest BCUT2D eigenvalue weighted by Gasteiger charge is -2.14. The highest BCUT2D eigenvalue weighted by Crippen LogP contribution is 2.40. The van der Waals surface area contributed by atoms with Crippen LogP contribution >= 0.6 is 11.6 Å². The van der Waals surface area contributed by atoms with Gasteiger partial charge in [0, 0.05) is 12.1 Å². The minimum atomic E-state index is -1.23. The Labute approximate surface area is 130 Å². The fourth-order valence-corrected chi connectivity index (χ4v) is 1.80. The molecule has 0 heterocycles. The molecule has 0 saturated heterocycles. The third kappa shape index (κ3) is 4.34. The number of anilines is 1. The molecule has 1 aromatic carbocycles. The summed E-state index contributed by atoms with van der Waals surface area (Å²) in [6, 6.07) is 1.38. The van der Waals surface area contributed by atoms with Gasteiger partial charge in [-0.15, -0.1) is 10.1 Å². The average molecular weight is 352 g/mol. The van der Waals surface area contributed by atoms with Crippen LogP contribution in [0.4, 0.5) is 17.1 Å². The summed E-state index contributed by atoms with van der Waals surface area (Å²) in [5, 5.41) is 40.3. The number of hydrazine groups is 1. The first kappa shape index (κ1) is 17.8. The molecule has 0 aliphatic carbocycles. The third-order valence-electron chi connectivity index (χ3n) is 2.38. The maximum atomic E-state index is 11.0. The van der Waals surface area contributed by atoms with E-state index in [4.69, 9.17) is 11.6 Å². The lowest BCUT2D eigenvalue weighted by molar-refractivity contribution is -0.757. The van der Waals surface area contributed by atoms with E-state index in [1.54, 1.807) is 0 Å². The summed E-state index contributed by atoms with van der Waals surface area (Å²) in [6.07, 6.45) is 0. The van der Waals surface area contributed by atoms with E-state index in [2.05, 4.69) is 4.84 Å². The second-order valence-corrected chi connectivity index (χ2v) is 4.16. The average Bonchev–Trinajstić information content (AvgIpc) is 2.42. The van der Waals surface area contributed by atoms with E-state index < -0.39 is 50.2 Å². The van der Waals surface area contributed by atoms with Crippen molar-refractivity contribution in [1.82, 2.24) is 0 Å². The molecular formula is C8H6ClN5O9. The van der Waals surface area contributed by atoms with Gasteiger partial charge in [0.05, 0.1) is 14.9 Å². The van der Waals surface area contributed by atoms with Crippen molar-refractivity contribution in [3.05, 3.63) is 57.6 Å². The normalized spacial score (nSPS) is 9.96. The molecule has 1 aromatic rings. The number of nitro benzene ring substituents is 2. The summed E-state index contributed by atoms with van der Waals surface area (Å²) in [5.41, 5.74) is -2.97. The van der Waals surface area contributed by atoms with E-state index >= 15 is 0 Å². The van der Waals surface area contributed by atoms with Gasteiger partial charge >= 0.3 is 11.4 Å². The third-order valence-corrected chi connectivity index (χ3v) is 2.60. The molecule has 0 spiro atoms. The van der Waals surface area contributed by atoms with E-state index in [1.807, 2.05) is 0 Å². The van der Waals surface area contributed by atoms with Gasteiger partial charge in [0.15, 0.2) is 5.03 Å². The van der Waals surface area contributed by atoms with Crippen LogP contribution in [-0.4, -0.2) is 33.1 Å². The molecule has 0 aliphatic rings. The molecule has 0 amide bonds. The van der Waals surface area contributed by atoms with E-state index in [0.29, 0.717) is 12.1 Å². The number of halogens is 1. The van der Waals surface area contributed by atoms with E-state index in [0.717, 1.165) is 0 Å². The molecule has 0 N–H and O–H groups in total. The summed E-state index contributed by atoms with van der Waals surface area (Å²) >= 11 is 5.53. The Morgan fingerprint density at radius 3 is 1.83 bits per heavy atom. The Bertz CT molecular complexity index is 645. The largest absolute Gasteiger partial charge is 0.312 e. The number of nitro groups is 3. The molecule has 1 rings (SSSR count). The molecule has 124 valence electrons. The van der Waals surface area contributed by atoms with Crippen molar-refractivity contribution < 1.29 is 24.8 Å². The van der Waals surface area contributed by atoms with E-state index in [9.17, 15) is 40.5 Å². The molecule has 0 aliphatic heterocycles.